The Balaban J connectivity index is 1.90. The maximum Gasteiger partial charge on any atom is 0.387 e. The van der Waals surface area contributed by atoms with Crippen molar-refractivity contribution in [1.29, 1.82) is 0 Å². The Morgan fingerprint density at radius 3 is 2.50 bits per heavy atom. The molecule has 108 valence electrons. The van der Waals surface area contributed by atoms with Gasteiger partial charge in [-0.2, -0.15) is 13.9 Å². The summed E-state index contributed by atoms with van der Waals surface area (Å²) >= 11 is 0. The highest BCUT2D eigenvalue weighted by Crippen LogP contribution is 2.18. The second kappa shape index (κ2) is 6.36. The van der Waals surface area contributed by atoms with Crippen molar-refractivity contribution in [3.63, 3.8) is 0 Å². The number of ether oxygens (including phenoxy) is 1. The van der Waals surface area contributed by atoms with E-state index in [4.69, 9.17) is 0 Å². The zero-order chi connectivity index (χ0) is 14.5. The summed E-state index contributed by atoms with van der Waals surface area (Å²) in [7, 11) is 0. The number of nitrogens with one attached hydrogen (secondary N) is 1. The smallest absolute Gasteiger partial charge is 0.387 e. The van der Waals surface area contributed by atoms with E-state index in [0.29, 0.717) is 12.6 Å². The summed E-state index contributed by atoms with van der Waals surface area (Å²) in [4.78, 5) is 0. The van der Waals surface area contributed by atoms with E-state index >= 15 is 0 Å². The normalized spacial score (nSPS) is 11.1. The van der Waals surface area contributed by atoms with E-state index in [1.807, 2.05) is 10.9 Å². The lowest BCUT2D eigenvalue weighted by atomic mass is 10.3. The molecule has 2 rings (SSSR count). The molecule has 0 aliphatic carbocycles. The number of alkyl halides is 2. The fourth-order valence-corrected chi connectivity index (χ4v) is 1.71. The minimum absolute atomic E-state index is 0.151. The third kappa shape index (κ3) is 3.94. The molecule has 0 amide bonds. The molecule has 1 N–H and O–H groups in total. The van der Waals surface area contributed by atoms with Crippen molar-refractivity contribution in [2.24, 2.45) is 0 Å². The molecular weight excluding hydrogens is 264 g/mol. The van der Waals surface area contributed by atoms with Crippen LogP contribution in [0.5, 0.6) is 5.75 Å². The minimum Gasteiger partial charge on any atom is -0.435 e. The average molecular weight is 281 g/mol. The molecule has 0 spiro atoms. The molecule has 1 aromatic carbocycles. The minimum atomic E-state index is -2.80. The first-order chi connectivity index (χ1) is 9.54. The number of hydrogen-bond acceptors (Lipinski definition) is 3. The van der Waals surface area contributed by atoms with Crippen LogP contribution in [0.4, 0.5) is 14.5 Å². The number of nitrogens with zero attached hydrogens (tertiary/aromatic N) is 2. The lowest BCUT2D eigenvalue weighted by Crippen LogP contribution is -2.02. The predicted octanol–water partition coefficient (Wildman–Crippen LogP) is 3.68. The van der Waals surface area contributed by atoms with Crippen LogP contribution in [-0.2, 0) is 6.54 Å². The molecule has 0 radical (unpaired) electrons. The maximum absolute atomic E-state index is 12.0. The third-order valence-electron chi connectivity index (χ3n) is 2.76. The van der Waals surface area contributed by atoms with Crippen LogP contribution < -0.4 is 10.1 Å². The van der Waals surface area contributed by atoms with Crippen LogP contribution in [0.1, 0.15) is 25.5 Å². The van der Waals surface area contributed by atoms with Gasteiger partial charge in [-0.1, -0.05) is 0 Å². The Morgan fingerprint density at radius 1 is 1.25 bits per heavy atom. The summed E-state index contributed by atoms with van der Waals surface area (Å²) < 4.78 is 30.2. The van der Waals surface area contributed by atoms with Crippen molar-refractivity contribution in [3.05, 3.63) is 42.2 Å². The zero-order valence-electron chi connectivity index (χ0n) is 11.4. The highest BCUT2D eigenvalue weighted by Gasteiger charge is 2.04. The SMILES string of the molecule is CC(C)n1cc(CNc2ccc(OC(F)F)cc2)cn1. The number of aromatic nitrogens is 2. The Kier molecular flexibility index (Phi) is 4.55. The number of halogens is 2. The van der Waals surface area contributed by atoms with Crippen LogP contribution in [0.3, 0.4) is 0 Å². The molecule has 0 fully saturated rings. The summed E-state index contributed by atoms with van der Waals surface area (Å²) in [5.74, 6) is 0.151. The molecule has 4 nitrogen and oxygen atoms in total. The van der Waals surface area contributed by atoms with Gasteiger partial charge in [0.25, 0.3) is 0 Å². The van der Waals surface area contributed by atoms with Gasteiger partial charge >= 0.3 is 6.61 Å². The number of hydrogen-bond donors (Lipinski definition) is 1. The van der Waals surface area contributed by atoms with Crippen molar-refractivity contribution in [1.82, 2.24) is 9.78 Å². The molecule has 0 aliphatic heterocycles. The monoisotopic (exact) mass is 281 g/mol. The van der Waals surface area contributed by atoms with Crippen LogP contribution in [0.2, 0.25) is 0 Å². The van der Waals surface area contributed by atoms with Crippen molar-refractivity contribution in [3.8, 4) is 5.75 Å². The molecule has 2 aromatic rings. The molecule has 0 unspecified atom stereocenters. The maximum atomic E-state index is 12.0. The van der Waals surface area contributed by atoms with E-state index in [0.717, 1.165) is 11.3 Å². The van der Waals surface area contributed by atoms with Gasteiger partial charge in [-0.05, 0) is 38.1 Å². The van der Waals surface area contributed by atoms with Crippen LogP contribution in [-0.4, -0.2) is 16.4 Å². The van der Waals surface area contributed by atoms with Crippen molar-refractivity contribution in [2.45, 2.75) is 33.0 Å². The van der Waals surface area contributed by atoms with Gasteiger partial charge < -0.3 is 10.1 Å². The lowest BCUT2D eigenvalue weighted by Gasteiger charge is -2.07. The van der Waals surface area contributed by atoms with E-state index in [9.17, 15) is 8.78 Å². The predicted molar refractivity (Wildman–Crippen MR) is 73.0 cm³/mol. The fourth-order valence-electron chi connectivity index (χ4n) is 1.71. The van der Waals surface area contributed by atoms with E-state index in [-0.39, 0.29) is 5.75 Å². The van der Waals surface area contributed by atoms with Gasteiger partial charge in [-0.25, -0.2) is 0 Å². The number of benzene rings is 1. The Morgan fingerprint density at radius 2 is 1.95 bits per heavy atom. The Labute approximate surface area is 116 Å². The summed E-state index contributed by atoms with van der Waals surface area (Å²) in [5, 5.41) is 7.45. The average Bonchev–Trinajstić information content (AvgIpc) is 2.86. The van der Waals surface area contributed by atoms with Gasteiger partial charge in [-0.15, -0.1) is 0 Å². The van der Waals surface area contributed by atoms with Gasteiger partial charge in [0.15, 0.2) is 0 Å². The van der Waals surface area contributed by atoms with Crippen molar-refractivity contribution in [2.75, 3.05) is 5.32 Å². The first-order valence-corrected chi connectivity index (χ1v) is 6.36. The molecule has 0 bridgehead atoms. The molecule has 1 heterocycles. The van der Waals surface area contributed by atoms with Crippen LogP contribution in [0.25, 0.3) is 0 Å². The van der Waals surface area contributed by atoms with E-state index in [1.54, 1.807) is 18.3 Å². The van der Waals surface area contributed by atoms with E-state index in [2.05, 4.69) is 29.0 Å². The zero-order valence-corrected chi connectivity index (χ0v) is 11.4. The second-order valence-corrected chi connectivity index (χ2v) is 4.68. The van der Waals surface area contributed by atoms with Gasteiger partial charge in [-0.3, -0.25) is 4.68 Å². The largest absolute Gasteiger partial charge is 0.435 e. The lowest BCUT2D eigenvalue weighted by molar-refractivity contribution is -0.0498. The van der Waals surface area contributed by atoms with Gasteiger partial charge in [0, 0.05) is 30.0 Å². The highest BCUT2D eigenvalue weighted by atomic mass is 19.3. The molecule has 0 saturated heterocycles. The molecular formula is C14H17F2N3O. The summed E-state index contributed by atoms with van der Waals surface area (Å²) in [6, 6.07) is 6.74. The van der Waals surface area contributed by atoms with E-state index < -0.39 is 6.61 Å². The summed E-state index contributed by atoms with van der Waals surface area (Å²) in [5.41, 5.74) is 1.90. The Hall–Kier alpha value is -2.11. The van der Waals surface area contributed by atoms with Gasteiger partial charge in [0.2, 0.25) is 0 Å². The first-order valence-electron chi connectivity index (χ1n) is 6.36. The first kappa shape index (κ1) is 14.3. The number of anilines is 1. The molecule has 20 heavy (non-hydrogen) atoms. The molecule has 0 saturated carbocycles. The van der Waals surface area contributed by atoms with Crippen LogP contribution >= 0.6 is 0 Å². The summed E-state index contributed by atoms with van der Waals surface area (Å²) in [6.45, 7) is 1.95. The van der Waals surface area contributed by atoms with Crippen LogP contribution in [0.15, 0.2) is 36.7 Å². The quantitative estimate of drug-likeness (QED) is 0.878. The molecule has 6 heteroatoms. The van der Waals surface area contributed by atoms with Crippen molar-refractivity contribution < 1.29 is 13.5 Å². The van der Waals surface area contributed by atoms with Gasteiger partial charge in [0.1, 0.15) is 5.75 Å². The Bertz CT molecular complexity index is 538. The molecule has 1 aromatic heterocycles. The van der Waals surface area contributed by atoms with Crippen LogP contribution in [0, 0.1) is 0 Å². The second-order valence-electron chi connectivity index (χ2n) is 4.68. The summed E-state index contributed by atoms with van der Waals surface area (Å²) in [6.07, 6.45) is 3.78. The topological polar surface area (TPSA) is 39.1 Å². The van der Waals surface area contributed by atoms with E-state index in [1.165, 1.54) is 12.1 Å². The fraction of sp³-hybridized carbons (Fsp3) is 0.357. The van der Waals surface area contributed by atoms with Gasteiger partial charge in [0.05, 0.1) is 6.20 Å². The number of rotatable bonds is 6. The highest BCUT2D eigenvalue weighted by molar-refractivity contribution is 5.46. The van der Waals surface area contributed by atoms with Crippen molar-refractivity contribution >= 4 is 5.69 Å². The molecule has 0 aliphatic rings. The standard InChI is InChI=1S/C14H17F2N3O/c1-10(2)19-9-11(8-18-19)7-17-12-3-5-13(6-4-12)20-14(15)16/h3-6,8-10,14,17H,7H2,1-2H3. The molecule has 0 atom stereocenters. The third-order valence-corrected chi connectivity index (χ3v) is 2.76.